The number of hydrogen-bond donors (Lipinski definition) is 2. The molecule has 3 nitrogen and oxygen atoms in total. The highest BCUT2D eigenvalue weighted by molar-refractivity contribution is 5.53. The van der Waals surface area contributed by atoms with E-state index in [1.54, 1.807) is 0 Å². The van der Waals surface area contributed by atoms with Crippen LogP contribution in [0.5, 0.6) is 0 Å². The zero-order valence-electron chi connectivity index (χ0n) is 12.0. The molecule has 0 aliphatic heterocycles. The fourth-order valence-electron chi connectivity index (χ4n) is 2.03. The molecule has 0 atom stereocenters. The van der Waals surface area contributed by atoms with E-state index in [9.17, 15) is 0 Å². The summed E-state index contributed by atoms with van der Waals surface area (Å²) in [6.45, 7) is 9.37. The van der Waals surface area contributed by atoms with Gasteiger partial charge in [-0.15, -0.1) is 0 Å². The summed E-state index contributed by atoms with van der Waals surface area (Å²) < 4.78 is 0. The van der Waals surface area contributed by atoms with E-state index in [0.717, 1.165) is 13.1 Å². The quantitative estimate of drug-likeness (QED) is 0.778. The van der Waals surface area contributed by atoms with Gasteiger partial charge in [0.1, 0.15) is 0 Å². The molecular weight excluding hydrogens is 224 g/mol. The lowest BCUT2D eigenvalue weighted by molar-refractivity contribution is 0.304. The standard InChI is InChI=1S/C15H26N2O/c1-12(2)10-16-11-14-5-6-15(13(3)9-14)17(4)7-8-18/h5-6,9,12,16,18H,7-8,10-11H2,1-4H3. The molecule has 0 radical (unpaired) electrons. The SMILES string of the molecule is Cc1cc(CNCC(C)C)ccc1N(C)CCO. The van der Waals surface area contributed by atoms with Crippen LogP contribution >= 0.6 is 0 Å². The molecule has 0 unspecified atom stereocenters. The molecule has 1 aromatic rings. The lowest BCUT2D eigenvalue weighted by atomic mass is 10.1. The molecule has 0 bridgehead atoms. The van der Waals surface area contributed by atoms with Gasteiger partial charge in [0.25, 0.3) is 0 Å². The van der Waals surface area contributed by atoms with Crippen LogP contribution in [0.2, 0.25) is 0 Å². The second kappa shape index (κ2) is 7.39. The van der Waals surface area contributed by atoms with E-state index in [0.29, 0.717) is 12.5 Å². The first-order chi connectivity index (χ1) is 8.54. The van der Waals surface area contributed by atoms with E-state index in [2.05, 4.69) is 49.2 Å². The maximum atomic E-state index is 8.96. The zero-order valence-corrected chi connectivity index (χ0v) is 12.0. The maximum absolute atomic E-state index is 8.96. The van der Waals surface area contributed by atoms with Gasteiger partial charge in [-0.05, 0) is 36.6 Å². The van der Waals surface area contributed by atoms with Gasteiger partial charge in [0.2, 0.25) is 0 Å². The van der Waals surface area contributed by atoms with Crippen LogP contribution in [0, 0.1) is 12.8 Å². The molecule has 102 valence electrons. The van der Waals surface area contributed by atoms with E-state index in [1.165, 1.54) is 16.8 Å². The van der Waals surface area contributed by atoms with Crippen molar-refractivity contribution in [2.75, 3.05) is 31.6 Å². The molecule has 1 rings (SSSR count). The van der Waals surface area contributed by atoms with Gasteiger partial charge in [-0.2, -0.15) is 0 Å². The summed E-state index contributed by atoms with van der Waals surface area (Å²) in [7, 11) is 2.01. The minimum Gasteiger partial charge on any atom is -0.395 e. The third-order valence-electron chi connectivity index (χ3n) is 2.99. The maximum Gasteiger partial charge on any atom is 0.0606 e. The molecule has 2 N–H and O–H groups in total. The molecular formula is C15H26N2O. The van der Waals surface area contributed by atoms with Gasteiger partial charge in [-0.1, -0.05) is 26.0 Å². The van der Waals surface area contributed by atoms with Crippen molar-refractivity contribution in [2.45, 2.75) is 27.3 Å². The molecule has 18 heavy (non-hydrogen) atoms. The largest absolute Gasteiger partial charge is 0.395 e. The number of aliphatic hydroxyl groups excluding tert-OH is 1. The average Bonchev–Trinajstić information content (AvgIpc) is 2.28. The van der Waals surface area contributed by atoms with Gasteiger partial charge in [-0.25, -0.2) is 0 Å². The fraction of sp³-hybridized carbons (Fsp3) is 0.600. The minimum atomic E-state index is 0.188. The first-order valence-corrected chi connectivity index (χ1v) is 6.66. The van der Waals surface area contributed by atoms with Gasteiger partial charge in [0.05, 0.1) is 6.61 Å². The molecule has 0 saturated carbocycles. The highest BCUT2D eigenvalue weighted by atomic mass is 16.3. The molecule has 0 amide bonds. The lowest BCUT2D eigenvalue weighted by Gasteiger charge is -2.21. The van der Waals surface area contributed by atoms with E-state index in [-0.39, 0.29) is 6.61 Å². The Balaban J connectivity index is 2.61. The van der Waals surface area contributed by atoms with Crippen LogP contribution in [0.3, 0.4) is 0 Å². The number of aliphatic hydroxyl groups is 1. The highest BCUT2D eigenvalue weighted by Gasteiger charge is 2.05. The summed E-state index contributed by atoms with van der Waals surface area (Å²) in [6.07, 6.45) is 0. The normalized spacial score (nSPS) is 11.0. The smallest absolute Gasteiger partial charge is 0.0606 e. The van der Waals surface area contributed by atoms with Crippen molar-refractivity contribution >= 4 is 5.69 Å². The Bertz CT molecular complexity index is 364. The van der Waals surface area contributed by atoms with Crippen LogP contribution in [0.25, 0.3) is 0 Å². The molecule has 0 aromatic heterocycles. The minimum absolute atomic E-state index is 0.188. The molecule has 3 heteroatoms. The monoisotopic (exact) mass is 250 g/mol. The number of nitrogens with zero attached hydrogens (tertiary/aromatic N) is 1. The Morgan fingerprint density at radius 3 is 2.61 bits per heavy atom. The average molecular weight is 250 g/mol. The molecule has 1 aromatic carbocycles. The number of likely N-dealkylation sites (N-methyl/N-ethyl adjacent to an activating group) is 1. The first-order valence-electron chi connectivity index (χ1n) is 6.66. The van der Waals surface area contributed by atoms with Crippen molar-refractivity contribution in [1.82, 2.24) is 5.32 Å². The summed E-state index contributed by atoms with van der Waals surface area (Å²) >= 11 is 0. The van der Waals surface area contributed by atoms with E-state index >= 15 is 0 Å². The number of aryl methyl sites for hydroxylation is 1. The summed E-state index contributed by atoms with van der Waals surface area (Å²) in [5, 5.41) is 12.4. The molecule has 0 aliphatic carbocycles. The van der Waals surface area contributed by atoms with Crippen LogP contribution in [0.4, 0.5) is 5.69 Å². The van der Waals surface area contributed by atoms with Crippen LogP contribution in [-0.2, 0) is 6.54 Å². The molecule has 0 fully saturated rings. The Morgan fingerprint density at radius 1 is 1.33 bits per heavy atom. The van der Waals surface area contributed by atoms with Crippen molar-refractivity contribution < 1.29 is 5.11 Å². The predicted molar refractivity (Wildman–Crippen MR) is 78.1 cm³/mol. The number of benzene rings is 1. The van der Waals surface area contributed by atoms with Crippen molar-refractivity contribution in [3.8, 4) is 0 Å². The van der Waals surface area contributed by atoms with Gasteiger partial charge in [-0.3, -0.25) is 0 Å². The molecule has 0 heterocycles. The molecule has 0 aliphatic rings. The topological polar surface area (TPSA) is 35.5 Å². The van der Waals surface area contributed by atoms with Gasteiger partial charge in [0.15, 0.2) is 0 Å². The second-order valence-corrected chi connectivity index (χ2v) is 5.29. The van der Waals surface area contributed by atoms with E-state index < -0.39 is 0 Å². The fourth-order valence-corrected chi connectivity index (χ4v) is 2.03. The second-order valence-electron chi connectivity index (χ2n) is 5.29. The van der Waals surface area contributed by atoms with Crippen LogP contribution in [0.15, 0.2) is 18.2 Å². The number of rotatable bonds is 7. The molecule has 0 spiro atoms. The van der Waals surface area contributed by atoms with E-state index in [1.807, 2.05) is 7.05 Å². The van der Waals surface area contributed by atoms with Crippen molar-refractivity contribution in [2.24, 2.45) is 5.92 Å². The first kappa shape index (κ1) is 15.0. The third-order valence-corrected chi connectivity index (χ3v) is 2.99. The lowest BCUT2D eigenvalue weighted by Crippen LogP contribution is -2.22. The summed E-state index contributed by atoms with van der Waals surface area (Å²) in [5.74, 6) is 0.682. The highest BCUT2D eigenvalue weighted by Crippen LogP contribution is 2.19. The zero-order chi connectivity index (χ0) is 13.5. The van der Waals surface area contributed by atoms with Crippen LogP contribution in [0.1, 0.15) is 25.0 Å². The number of hydrogen-bond acceptors (Lipinski definition) is 3. The van der Waals surface area contributed by atoms with Gasteiger partial charge in [0, 0.05) is 25.8 Å². The number of nitrogens with one attached hydrogen (secondary N) is 1. The number of anilines is 1. The van der Waals surface area contributed by atoms with Crippen molar-refractivity contribution in [3.63, 3.8) is 0 Å². The molecule has 0 saturated heterocycles. The Labute approximate surface area is 111 Å². The third kappa shape index (κ3) is 4.67. The summed E-state index contributed by atoms with van der Waals surface area (Å²) in [6, 6.07) is 6.51. The predicted octanol–water partition coefficient (Wildman–Crippen LogP) is 2.17. The van der Waals surface area contributed by atoms with Gasteiger partial charge < -0.3 is 15.3 Å². The Morgan fingerprint density at radius 2 is 2.06 bits per heavy atom. The Hall–Kier alpha value is -1.06. The van der Waals surface area contributed by atoms with Crippen LogP contribution < -0.4 is 10.2 Å². The Kier molecular flexibility index (Phi) is 6.16. The summed E-state index contributed by atoms with van der Waals surface area (Å²) in [5.41, 5.74) is 3.76. The summed E-state index contributed by atoms with van der Waals surface area (Å²) in [4.78, 5) is 2.08. The van der Waals surface area contributed by atoms with E-state index in [4.69, 9.17) is 5.11 Å². The van der Waals surface area contributed by atoms with Crippen LogP contribution in [-0.4, -0.2) is 31.9 Å². The van der Waals surface area contributed by atoms with Crippen molar-refractivity contribution in [1.29, 1.82) is 0 Å². The van der Waals surface area contributed by atoms with Gasteiger partial charge >= 0.3 is 0 Å². The van der Waals surface area contributed by atoms with Crippen molar-refractivity contribution in [3.05, 3.63) is 29.3 Å².